The Labute approximate surface area is 132 Å². The smallest absolute Gasteiger partial charge is 0.233 e. The molecule has 2 rings (SSSR count). The van der Waals surface area contributed by atoms with Gasteiger partial charge in [0.1, 0.15) is 0 Å². The van der Waals surface area contributed by atoms with E-state index in [0.717, 1.165) is 19.4 Å². The number of hydrogen-bond acceptors (Lipinski definition) is 3. The van der Waals surface area contributed by atoms with Gasteiger partial charge in [-0.1, -0.05) is 38.8 Å². The average Bonchev–Trinajstić information content (AvgIpc) is 2.83. The van der Waals surface area contributed by atoms with Gasteiger partial charge in [-0.25, -0.2) is 0 Å². The van der Waals surface area contributed by atoms with Crippen LogP contribution in [0.5, 0.6) is 0 Å². The van der Waals surface area contributed by atoms with Crippen LogP contribution in [0.2, 0.25) is 0 Å². The van der Waals surface area contributed by atoms with E-state index in [1.54, 1.807) is 0 Å². The summed E-state index contributed by atoms with van der Waals surface area (Å²) in [5, 5.41) is 0.348. The second-order valence-corrected chi connectivity index (χ2v) is 6.97. The zero-order chi connectivity index (χ0) is 15.4. The molecule has 1 aliphatic heterocycles. The molecule has 0 bridgehead atoms. The molecule has 0 saturated carbocycles. The van der Waals surface area contributed by atoms with Gasteiger partial charge in [0.25, 0.3) is 0 Å². The Balaban J connectivity index is 2.10. The lowest BCUT2D eigenvalue weighted by atomic mass is 10.0. The van der Waals surface area contributed by atoms with Gasteiger partial charge in [0.05, 0.1) is 11.1 Å². The van der Waals surface area contributed by atoms with Crippen molar-refractivity contribution in [3.8, 4) is 0 Å². The van der Waals surface area contributed by atoms with E-state index in [9.17, 15) is 4.79 Å². The number of rotatable bonds is 6. The van der Waals surface area contributed by atoms with Crippen LogP contribution in [-0.2, 0) is 11.3 Å². The van der Waals surface area contributed by atoms with Gasteiger partial charge in [0.2, 0.25) is 5.91 Å². The van der Waals surface area contributed by atoms with Gasteiger partial charge in [-0.3, -0.25) is 4.79 Å². The minimum absolute atomic E-state index is 0.286. The second kappa shape index (κ2) is 7.21. The number of hydrogen-bond donors (Lipinski definition) is 0. The second-order valence-electron chi connectivity index (χ2n) is 5.86. The molecule has 0 aromatic heterocycles. The minimum atomic E-state index is 0.286. The van der Waals surface area contributed by atoms with Gasteiger partial charge in [0, 0.05) is 26.3 Å². The third-order valence-electron chi connectivity index (χ3n) is 4.26. The van der Waals surface area contributed by atoms with E-state index in [2.05, 4.69) is 47.9 Å². The molecule has 4 heteroatoms. The maximum absolute atomic E-state index is 12.2. The first kappa shape index (κ1) is 16.2. The molecular weight excluding hydrogens is 280 g/mol. The van der Waals surface area contributed by atoms with Crippen LogP contribution in [-0.4, -0.2) is 36.0 Å². The summed E-state index contributed by atoms with van der Waals surface area (Å²) in [6.45, 7) is 5.18. The summed E-state index contributed by atoms with van der Waals surface area (Å²) in [6, 6.07) is 8.51. The van der Waals surface area contributed by atoms with E-state index >= 15 is 0 Å². The van der Waals surface area contributed by atoms with E-state index in [1.165, 1.54) is 11.3 Å². The quantitative estimate of drug-likeness (QED) is 0.802. The zero-order valence-electron chi connectivity index (χ0n) is 13.5. The fourth-order valence-corrected chi connectivity index (χ4v) is 4.34. The van der Waals surface area contributed by atoms with E-state index in [0.29, 0.717) is 17.0 Å². The van der Waals surface area contributed by atoms with Gasteiger partial charge in [-0.15, -0.1) is 11.8 Å². The summed E-state index contributed by atoms with van der Waals surface area (Å²) in [5.74, 6) is 1.52. The summed E-state index contributed by atoms with van der Waals surface area (Å²) in [4.78, 5) is 16.4. The molecule has 0 N–H and O–H groups in total. The van der Waals surface area contributed by atoms with Crippen LogP contribution < -0.4 is 4.90 Å². The fourth-order valence-electron chi connectivity index (χ4n) is 2.83. The van der Waals surface area contributed by atoms with Crippen molar-refractivity contribution in [3.05, 3.63) is 29.8 Å². The van der Waals surface area contributed by atoms with Crippen molar-refractivity contribution in [1.82, 2.24) is 4.90 Å². The largest absolute Gasteiger partial charge is 0.378 e. The standard InChI is InChI=1S/C17H26N2OS/c1-5-14(6-2)17-19(16(20)12-21-17)11-13-7-9-15(10-8-13)18(3)4/h7-10,14,17H,5-6,11-12H2,1-4H3. The lowest BCUT2D eigenvalue weighted by molar-refractivity contribution is -0.129. The Morgan fingerprint density at radius 3 is 2.38 bits per heavy atom. The number of anilines is 1. The minimum Gasteiger partial charge on any atom is -0.378 e. The van der Waals surface area contributed by atoms with Crippen LogP contribution in [0, 0.1) is 5.92 Å². The van der Waals surface area contributed by atoms with E-state index < -0.39 is 0 Å². The zero-order valence-corrected chi connectivity index (χ0v) is 14.3. The van der Waals surface area contributed by atoms with Gasteiger partial charge in [-0.2, -0.15) is 0 Å². The van der Waals surface area contributed by atoms with Gasteiger partial charge in [-0.05, 0) is 23.6 Å². The molecule has 1 aromatic carbocycles. The van der Waals surface area contributed by atoms with Crippen molar-refractivity contribution < 1.29 is 4.79 Å². The Morgan fingerprint density at radius 2 is 1.86 bits per heavy atom. The van der Waals surface area contributed by atoms with Gasteiger partial charge >= 0.3 is 0 Å². The molecule has 1 aliphatic rings. The van der Waals surface area contributed by atoms with Crippen molar-refractivity contribution >= 4 is 23.4 Å². The van der Waals surface area contributed by atoms with Gasteiger partial charge in [0.15, 0.2) is 0 Å². The number of carbonyl (C=O) groups excluding carboxylic acids is 1. The summed E-state index contributed by atoms with van der Waals surface area (Å²) in [7, 11) is 4.08. The third kappa shape index (κ3) is 3.73. The van der Waals surface area contributed by atoms with Crippen molar-refractivity contribution in [2.75, 3.05) is 24.7 Å². The molecule has 1 saturated heterocycles. The van der Waals surface area contributed by atoms with Crippen LogP contribution >= 0.6 is 11.8 Å². The van der Waals surface area contributed by atoms with E-state index in [1.807, 2.05) is 25.9 Å². The van der Waals surface area contributed by atoms with Crippen LogP contribution in [0.25, 0.3) is 0 Å². The highest BCUT2D eigenvalue weighted by Crippen LogP contribution is 2.35. The highest BCUT2D eigenvalue weighted by molar-refractivity contribution is 8.01. The highest BCUT2D eigenvalue weighted by atomic mass is 32.2. The first-order valence-corrected chi connectivity index (χ1v) is 8.79. The molecule has 1 aromatic rings. The Bertz CT molecular complexity index is 468. The van der Waals surface area contributed by atoms with Crippen LogP contribution in [0.15, 0.2) is 24.3 Å². The normalized spacial score (nSPS) is 18.6. The van der Waals surface area contributed by atoms with Crippen molar-refractivity contribution in [1.29, 1.82) is 0 Å². The van der Waals surface area contributed by atoms with E-state index in [4.69, 9.17) is 0 Å². The maximum atomic E-state index is 12.2. The predicted octanol–water partition coefficient (Wildman–Crippen LogP) is 3.59. The molecule has 116 valence electrons. The Hall–Kier alpha value is -1.16. The van der Waals surface area contributed by atoms with Crippen molar-refractivity contribution in [2.45, 2.75) is 38.6 Å². The Kier molecular flexibility index (Phi) is 5.57. The van der Waals surface area contributed by atoms with Crippen LogP contribution in [0.3, 0.4) is 0 Å². The van der Waals surface area contributed by atoms with Crippen molar-refractivity contribution in [3.63, 3.8) is 0 Å². The Morgan fingerprint density at radius 1 is 1.24 bits per heavy atom. The average molecular weight is 306 g/mol. The number of carbonyl (C=O) groups is 1. The highest BCUT2D eigenvalue weighted by Gasteiger charge is 2.35. The third-order valence-corrected chi connectivity index (χ3v) is 5.66. The van der Waals surface area contributed by atoms with Crippen LogP contribution in [0.4, 0.5) is 5.69 Å². The molecule has 1 amide bonds. The topological polar surface area (TPSA) is 23.6 Å². The molecule has 1 heterocycles. The number of amides is 1. The first-order valence-electron chi connectivity index (χ1n) is 7.74. The summed E-state index contributed by atoms with van der Waals surface area (Å²) < 4.78 is 0. The molecular formula is C17H26N2OS. The summed E-state index contributed by atoms with van der Waals surface area (Å²) in [5.41, 5.74) is 2.41. The molecule has 0 radical (unpaired) electrons. The lowest BCUT2D eigenvalue weighted by Gasteiger charge is -2.30. The summed E-state index contributed by atoms with van der Waals surface area (Å²) >= 11 is 1.81. The molecule has 0 spiro atoms. The van der Waals surface area contributed by atoms with Gasteiger partial charge < -0.3 is 9.80 Å². The molecule has 21 heavy (non-hydrogen) atoms. The SMILES string of the molecule is CCC(CC)C1SCC(=O)N1Cc1ccc(N(C)C)cc1. The summed E-state index contributed by atoms with van der Waals surface area (Å²) in [6.07, 6.45) is 2.27. The van der Waals surface area contributed by atoms with Crippen molar-refractivity contribution in [2.24, 2.45) is 5.92 Å². The lowest BCUT2D eigenvalue weighted by Crippen LogP contribution is -2.36. The molecule has 3 nitrogen and oxygen atoms in total. The van der Waals surface area contributed by atoms with E-state index in [-0.39, 0.29) is 5.91 Å². The molecule has 1 atom stereocenters. The molecule has 1 unspecified atom stereocenters. The first-order chi connectivity index (χ1) is 10.1. The maximum Gasteiger partial charge on any atom is 0.233 e. The molecule has 0 aliphatic carbocycles. The molecule has 1 fully saturated rings. The number of thioether (sulfide) groups is 1. The number of benzene rings is 1. The predicted molar refractivity (Wildman–Crippen MR) is 91.6 cm³/mol. The fraction of sp³-hybridized carbons (Fsp3) is 0.588. The van der Waals surface area contributed by atoms with Crippen LogP contribution in [0.1, 0.15) is 32.3 Å². The number of nitrogens with zero attached hydrogens (tertiary/aromatic N) is 2. The monoisotopic (exact) mass is 306 g/mol.